The van der Waals surface area contributed by atoms with Gasteiger partial charge in [0.2, 0.25) is 5.91 Å². The van der Waals surface area contributed by atoms with Crippen LogP contribution in [-0.2, 0) is 11.3 Å². The maximum absolute atomic E-state index is 13.8. The van der Waals surface area contributed by atoms with E-state index in [0.29, 0.717) is 25.3 Å². The van der Waals surface area contributed by atoms with Crippen LogP contribution in [0.3, 0.4) is 0 Å². The van der Waals surface area contributed by atoms with E-state index in [1.807, 2.05) is 37.4 Å². The van der Waals surface area contributed by atoms with E-state index in [1.165, 1.54) is 23.9 Å². The molecule has 35 heavy (non-hydrogen) atoms. The van der Waals surface area contributed by atoms with Gasteiger partial charge in [0.05, 0.1) is 18.0 Å². The Kier molecular flexibility index (Phi) is 8.05. The number of nitrogens with zero attached hydrogens (tertiary/aromatic N) is 1. The lowest BCUT2D eigenvalue weighted by molar-refractivity contribution is -0.113. The van der Waals surface area contributed by atoms with Gasteiger partial charge < -0.3 is 19.9 Å². The molecular weight excluding hydrogens is 465 g/mol. The van der Waals surface area contributed by atoms with Crippen molar-refractivity contribution < 1.29 is 18.7 Å². The number of thioether (sulfide) groups is 1. The first-order chi connectivity index (χ1) is 17.0. The lowest BCUT2D eigenvalue weighted by Gasteiger charge is -2.08. The van der Waals surface area contributed by atoms with Crippen molar-refractivity contribution in [2.45, 2.75) is 18.4 Å². The summed E-state index contributed by atoms with van der Waals surface area (Å²) in [6.45, 7) is 3.51. The average molecular weight is 492 g/mol. The Bertz CT molecular complexity index is 1320. The smallest absolute Gasteiger partial charge is 0.251 e. The maximum atomic E-state index is 13.8. The molecular formula is C27H26FN3O3S. The topological polar surface area (TPSA) is 72.4 Å². The number of nitrogens with one attached hydrogen (secondary N) is 2. The Morgan fingerprint density at radius 2 is 1.74 bits per heavy atom. The number of halogens is 1. The third-order valence-corrected chi connectivity index (χ3v) is 6.37. The summed E-state index contributed by atoms with van der Waals surface area (Å²) in [6.07, 6.45) is 1.98. The minimum Gasteiger partial charge on any atom is -0.494 e. The number of para-hydroxylation sites is 2. The zero-order valence-electron chi connectivity index (χ0n) is 19.3. The minimum absolute atomic E-state index is 0.149. The molecule has 0 aliphatic rings. The second-order valence-corrected chi connectivity index (χ2v) is 8.75. The summed E-state index contributed by atoms with van der Waals surface area (Å²) in [4.78, 5) is 25.8. The predicted octanol–water partition coefficient (Wildman–Crippen LogP) is 5.34. The monoisotopic (exact) mass is 491 g/mol. The molecule has 0 saturated carbocycles. The summed E-state index contributed by atoms with van der Waals surface area (Å²) in [7, 11) is 0. The van der Waals surface area contributed by atoms with Crippen molar-refractivity contribution in [1.82, 2.24) is 9.88 Å². The van der Waals surface area contributed by atoms with Crippen LogP contribution in [0.5, 0.6) is 5.75 Å². The fourth-order valence-corrected chi connectivity index (χ4v) is 4.56. The Morgan fingerprint density at radius 1 is 1.00 bits per heavy atom. The standard InChI is InChI=1S/C27H26FN3O3S/c1-2-34-20-13-11-19(12-14-20)27(33)29-15-16-31-17-25(21-7-3-6-10-24(21)31)35-18-26(32)30-23-9-5-4-8-22(23)28/h3-14,17H,2,15-16,18H2,1H3,(H,29,33)(H,30,32). The largest absolute Gasteiger partial charge is 0.494 e. The Hall–Kier alpha value is -3.78. The normalized spacial score (nSPS) is 10.8. The van der Waals surface area contributed by atoms with E-state index >= 15 is 0 Å². The van der Waals surface area contributed by atoms with Gasteiger partial charge in [0, 0.05) is 40.6 Å². The van der Waals surface area contributed by atoms with E-state index in [-0.39, 0.29) is 23.3 Å². The average Bonchev–Trinajstić information content (AvgIpc) is 3.22. The minimum atomic E-state index is -0.463. The Labute approximate surface area is 207 Å². The van der Waals surface area contributed by atoms with Gasteiger partial charge in [-0.1, -0.05) is 30.3 Å². The molecule has 4 aromatic rings. The summed E-state index contributed by atoms with van der Waals surface area (Å²) in [5, 5.41) is 6.58. The van der Waals surface area contributed by atoms with Crippen LogP contribution in [0, 0.1) is 5.82 Å². The Morgan fingerprint density at radius 3 is 2.51 bits per heavy atom. The molecule has 0 radical (unpaired) electrons. The van der Waals surface area contributed by atoms with E-state index in [1.54, 1.807) is 36.4 Å². The van der Waals surface area contributed by atoms with Crippen molar-refractivity contribution in [3.05, 3.63) is 90.4 Å². The highest BCUT2D eigenvalue weighted by molar-refractivity contribution is 8.00. The fourth-order valence-electron chi connectivity index (χ4n) is 3.67. The molecule has 4 rings (SSSR count). The zero-order valence-corrected chi connectivity index (χ0v) is 20.1. The predicted molar refractivity (Wildman–Crippen MR) is 138 cm³/mol. The molecule has 2 amide bonds. The fraction of sp³-hybridized carbons (Fsp3) is 0.185. The van der Waals surface area contributed by atoms with Crippen molar-refractivity contribution in [3.8, 4) is 5.75 Å². The van der Waals surface area contributed by atoms with Crippen LogP contribution >= 0.6 is 11.8 Å². The molecule has 0 aliphatic carbocycles. The van der Waals surface area contributed by atoms with Gasteiger partial charge in [-0.3, -0.25) is 9.59 Å². The third-order valence-electron chi connectivity index (χ3n) is 5.32. The molecule has 1 heterocycles. The second-order valence-electron chi connectivity index (χ2n) is 7.73. The first-order valence-corrected chi connectivity index (χ1v) is 12.3. The van der Waals surface area contributed by atoms with Gasteiger partial charge in [0.1, 0.15) is 11.6 Å². The molecule has 3 aromatic carbocycles. The van der Waals surface area contributed by atoms with Gasteiger partial charge in [-0.15, -0.1) is 11.8 Å². The van der Waals surface area contributed by atoms with Crippen LogP contribution < -0.4 is 15.4 Å². The van der Waals surface area contributed by atoms with Gasteiger partial charge in [-0.2, -0.15) is 0 Å². The first-order valence-electron chi connectivity index (χ1n) is 11.3. The molecule has 180 valence electrons. The molecule has 0 saturated heterocycles. The number of amides is 2. The van der Waals surface area contributed by atoms with Crippen LogP contribution in [0.2, 0.25) is 0 Å². The van der Waals surface area contributed by atoms with E-state index in [0.717, 1.165) is 21.5 Å². The molecule has 1 aromatic heterocycles. The van der Waals surface area contributed by atoms with Crippen LogP contribution in [-0.4, -0.2) is 35.3 Å². The molecule has 0 bridgehead atoms. The third kappa shape index (κ3) is 6.22. The highest BCUT2D eigenvalue weighted by Gasteiger charge is 2.13. The number of ether oxygens (including phenoxy) is 1. The number of benzene rings is 3. The van der Waals surface area contributed by atoms with Crippen molar-refractivity contribution in [2.75, 3.05) is 24.2 Å². The SMILES string of the molecule is CCOc1ccc(C(=O)NCCn2cc(SCC(=O)Nc3ccccc3F)c3ccccc32)cc1. The van der Waals surface area contributed by atoms with E-state index in [9.17, 15) is 14.0 Å². The summed E-state index contributed by atoms with van der Waals surface area (Å²) in [6, 6.07) is 21.1. The lowest BCUT2D eigenvalue weighted by Crippen LogP contribution is -2.27. The van der Waals surface area contributed by atoms with E-state index in [4.69, 9.17) is 4.74 Å². The molecule has 0 unspecified atom stereocenters. The highest BCUT2D eigenvalue weighted by atomic mass is 32.2. The van der Waals surface area contributed by atoms with E-state index < -0.39 is 5.82 Å². The van der Waals surface area contributed by atoms with Crippen molar-refractivity contribution >= 4 is 40.2 Å². The van der Waals surface area contributed by atoms with Crippen LogP contribution in [0.4, 0.5) is 10.1 Å². The number of fused-ring (bicyclic) bond motifs is 1. The number of hydrogen-bond acceptors (Lipinski definition) is 4. The molecule has 0 aliphatic heterocycles. The van der Waals surface area contributed by atoms with Gasteiger partial charge in [-0.05, 0) is 49.4 Å². The van der Waals surface area contributed by atoms with Crippen LogP contribution in [0.1, 0.15) is 17.3 Å². The van der Waals surface area contributed by atoms with Crippen molar-refractivity contribution in [2.24, 2.45) is 0 Å². The molecule has 8 heteroatoms. The Balaban J connectivity index is 1.36. The number of rotatable bonds is 10. The van der Waals surface area contributed by atoms with Crippen molar-refractivity contribution in [1.29, 1.82) is 0 Å². The number of hydrogen-bond donors (Lipinski definition) is 2. The summed E-state index contributed by atoms with van der Waals surface area (Å²) < 4.78 is 21.3. The molecule has 0 atom stereocenters. The lowest BCUT2D eigenvalue weighted by atomic mass is 10.2. The van der Waals surface area contributed by atoms with Gasteiger partial charge >= 0.3 is 0 Å². The molecule has 0 spiro atoms. The van der Waals surface area contributed by atoms with Crippen molar-refractivity contribution in [3.63, 3.8) is 0 Å². The summed E-state index contributed by atoms with van der Waals surface area (Å²) >= 11 is 1.39. The number of aromatic nitrogens is 1. The number of carbonyl (C=O) groups excluding carboxylic acids is 2. The first kappa shape index (κ1) is 24.3. The molecule has 6 nitrogen and oxygen atoms in total. The summed E-state index contributed by atoms with van der Waals surface area (Å²) in [5.41, 5.74) is 1.76. The van der Waals surface area contributed by atoms with E-state index in [2.05, 4.69) is 15.2 Å². The number of anilines is 1. The maximum Gasteiger partial charge on any atom is 0.251 e. The van der Waals surface area contributed by atoms with Crippen LogP contribution in [0.25, 0.3) is 10.9 Å². The van der Waals surface area contributed by atoms with Crippen LogP contribution in [0.15, 0.2) is 83.9 Å². The highest BCUT2D eigenvalue weighted by Crippen LogP contribution is 2.30. The second kappa shape index (κ2) is 11.6. The molecule has 0 fully saturated rings. The molecule has 2 N–H and O–H groups in total. The quantitative estimate of drug-likeness (QED) is 0.294. The van der Waals surface area contributed by atoms with Gasteiger partial charge in [0.25, 0.3) is 5.91 Å². The van der Waals surface area contributed by atoms with Gasteiger partial charge in [-0.25, -0.2) is 4.39 Å². The summed E-state index contributed by atoms with van der Waals surface area (Å²) in [5.74, 6) is -0.00900. The van der Waals surface area contributed by atoms with Gasteiger partial charge in [0.15, 0.2) is 0 Å². The zero-order chi connectivity index (χ0) is 24.6. The number of carbonyl (C=O) groups is 2.